The van der Waals surface area contributed by atoms with E-state index in [1.165, 1.54) is 0 Å². The van der Waals surface area contributed by atoms with Crippen molar-refractivity contribution in [2.24, 2.45) is 0 Å². The van der Waals surface area contributed by atoms with Gasteiger partial charge in [0, 0.05) is 0 Å². The first-order valence-corrected chi connectivity index (χ1v) is 4.12. The van der Waals surface area contributed by atoms with Crippen molar-refractivity contribution in [1.82, 2.24) is 0 Å². The lowest BCUT2D eigenvalue weighted by molar-refractivity contribution is -0.131. The summed E-state index contributed by atoms with van der Waals surface area (Å²) in [7, 11) is 3.28. The van der Waals surface area contributed by atoms with Gasteiger partial charge in [0.05, 0.1) is 12.2 Å². The van der Waals surface area contributed by atoms with Gasteiger partial charge in [-0.05, 0) is 33.6 Å². The van der Waals surface area contributed by atoms with Crippen molar-refractivity contribution in [2.45, 2.75) is 45.8 Å². The summed E-state index contributed by atoms with van der Waals surface area (Å²) in [6, 6.07) is 0. The van der Waals surface area contributed by atoms with Gasteiger partial charge in [-0.3, -0.25) is 0 Å². The molecule has 0 bridgehead atoms. The fraction of sp³-hybridized carbons (Fsp3) is 1.00. The second-order valence-electron chi connectivity index (χ2n) is 2.70. The molecule has 0 aromatic heterocycles. The zero-order valence-corrected chi connectivity index (χ0v) is 8.05. The van der Waals surface area contributed by atoms with Crippen LogP contribution in [0, 0.1) is 0 Å². The maximum absolute atomic E-state index is 5.25. The minimum atomic E-state index is -0.278. The van der Waals surface area contributed by atoms with Crippen LogP contribution in [0.5, 0.6) is 0 Å². The lowest BCUT2D eigenvalue weighted by Gasteiger charge is -2.29. The van der Waals surface area contributed by atoms with E-state index in [9.17, 15) is 0 Å². The van der Waals surface area contributed by atoms with Gasteiger partial charge in [0.25, 0.3) is 0 Å². The quantitative estimate of drug-likeness (QED) is 0.454. The summed E-state index contributed by atoms with van der Waals surface area (Å²) in [4.78, 5) is 0. The van der Waals surface area contributed by atoms with Gasteiger partial charge in [0.15, 0.2) is 0 Å². The lowest BCUT2D eigenvalue weighted by atomic mass is 10.5. The van der Waals surface area contributed by atoms with Gasteiger partial charge in [-0.1, -0.05) is 0 Å². The molecule has 0 fully saturated rings. The zero-order chi connectivity index (χ0) is 8.15. The predicted molar refractivity (Wildman–Crippen MR) is 42.0 cm³/mol. The molecule has 2 nitrogen and oxygen atoms in total. The molecule has 0 aliphatic carbocycles. The normalized spacial score (nSPS) is 12.0. The Morgan fingerprint density at radius 2 is 1.20 bits per heavy atom. The van der Waals surface area contributed by atoms with Crippen LogP contribution in [-0.4, -0.2) is 28.4 Å². The van der Waals surface area contributed by atoms with Crippen LogP contribution in [0.2, 0.25) is 0 Å². The highest BCUT2D eigenvalue weighted by Crippen LogP contribution is 1.99. The largest absolute Gasteiger partial charge is 0.592 e. The van der Waals surface area contributed by atoms with Crippen LogP contribution < -0.4 is 0 Å². The number of rotatable bonds is 4. The Morgan fingerprint density at radius 1 is 0.900 bits per heavy atom. The third-order valence-electron chi connectivity index (χ3n) is 0.792. The maximum atomic E-state index is 5.25. The smallest absolute Gasteiger partial charge is 0.0507 e. The van der Waals surface area contributed by atoms with E-state index in [1.807, 2.05) is 27.7 Å². The zero-order valence-electron chi connectivity index (χ0n) is 7.05. The molecule has 0 spiro atoms. The van der Waals surface area contributed by atoms with E-state index >= 15 is 0 Å². The first-order valence-electron chi connectivity index (χ1n) is 3.54. The highest BCUT2D eigenvalue weighted by atomic mass is 28.1. The van der Waals surface area contributed by atoms with Gasteiger partial charge in [0.2, 0.25) is 0 Å². The molecule has 0 amide bonds. The summed E-state index contributed by atoms with van der Waals surface area (Å²) in [5.41, 5.74) is 0. The average molecular weight is 159 g/mol. The molecule has 0 aliphatic rings. The second-order valence-corrected chi connectivity index (χ2v) is 3.17. The Hall–Kier alpha value is 0.137. The highest BCUT2D eigenvalue weighted by Gasteiger charge is 1.96. The van der Waals surface area contributed by atoms with Crippen LogP contribution in [0.15, 0.2) is 0 Å². The number of hydrogen-bond donors (Lipinski definition) is 0. The molecular formula is C7H15O2Si-. The SMILES string of the molecule is CC(C)OC([Si-])OC(C)C. The van der Waals surface area contributed by atoms with E-state index in [-0.39, 0.29) is 18.1 Å². The maximum Gasteiger partial charge on any atom is 0.0507 e. The minimum Gasteiger partial charge on any atom is -0.592 e. The number of ether oxygens (including phenoxy) is 2. The summed E-state index contributed by atoms with van der Waals surface area (Å²) in [6.07, 6.45) is 0.391. The van der Waals surface area contributed by atoms with Crippen LogP contribution in [0.25, 0.3) is 0 Å². The summed E-state index contributed by atoms with van der Waals surface area (Å²) >= 11 is 0. The summed E-state index contributed by atoms with van der Waals surface area (Å²) in [5.74, 6) is -0.278. The fourth-order valence-corrected chi connectivity index (χ4v) is 1.07. The van der Waals surface area contributed by atoms with Crippen LogP contribution in [0.3, 0.4) is 0 Å². The van der Waals surface area contributed by atoms with Gasteiger partial charge in [-0.15, -0.1) is 0 Å². The Labute approximate surface area is 66.3 Å². The Kier molecular flexibility index (Phi) is 4.94. The molecule has 3 heteroatoms. The predicted octanol–water partition coefficient (Wildman–Crippen LogP) is 1.29. The monoisotopic (exact) mass is 159 g/mol. The molecule has 2 radical (unpaired) electrons. The first kappa shape index (κ1) is 10.1. The topological polar surface area (TPSA) is 18.5 Å². The van der Waals surface area contributed by atoms with Crippen molar-refractivity contribution in [1.29, 1.82) is 0 Å². The van der Waals surface area contributed by atoms with Crippen molar-refractivity contribution in [3.63, 3.8) is 0 Å². The summed E-state index contributed by atoms with van der Waals surface area (Å²) in [6.45, 7) is 7.88. The van der Waals surface area contributed by atoms with Gasteiger partial charge in [-0.2, -0.15) is 0 Å². The molecule has 0 rings (SSSR count). The molecule has 0 heterocycles. The molecule has 0 unspecified atom stereocenters. The third-order valence-corrected chi connectivity index (χ3v) is 1.06. The van der Waals surface area contributed by atoms with E-state index in [0.29, 0.717) is 0 Å². The van der Waals surface area contributed by atoms with Crippen LogP contribution in [-0.2, 0) is 9.47 Å². The molecule has 0 atom stereocenters. The van der Waals surface area contributed by atoms with Crippen molar-refractivity contribution in [2.75, 3.05) is 0 Å². The Bertz CT molecular complexity index is 73.7. The second kappa shape index (κ2) is 4.88. The van der Waals surface area contributed by atoms with Crippen molar-refractivity contribution < 1.29 is 9.47 Å². The lowest BCUT2D eigenvalue weighted by Crippen LogP contribution is -2.24. The van der Waals surface area contributed by atoms with E-state index < -0.39 is 0 Å². The molecular weight excluding hydrogens is 144 g/mol. The van der Waals surface area contributed by atoms with E-state index in [4.69, 9.17) is 9.47 Å². The molecule has 0 saturated carbocycles. The van der Waals surface area contributed by atoms with E-state index in [0.717, 1.165) is 0 Å². The van der Waals surface area contributed by atoms with Crippen LogP contribution in [0.1, 0.15) is 27.7 Å². The molecule has 0 aromatic rings. The fourth-order valence-electron chi connectivity index (χ4n) is 0.526. The molecule has 10 heavy (non-hydrogen) atoms. The first-order chi connectivity index (χ1) is 4.52. The van der Waals surface area contributed by atoms with E-state index in [1.54, 1.807) is 0 Å². The van der Waals surface area contributed by atoms with Crippen molar-refractivity contribution in [3.8, 4) is 0 Å². The van der Waals surface area contributed by atoms with Crippen LogP contribution >= 0.6 is 0 Å². The molecule has 60 valence electrons. The molecule has 0 aromatic carbocycles. The highest BCUT2D eigenvalue weighted by molar-refractivity contribution is 6.10. The Balaban J connectivity index is 3.34. The third kappa shape index (κ3) is 6.26. The van der Waals surface area contributed by atoms with E-state index in [2.05, 4.69) is 10.2 Å². The minimum absolute atomic E-state index is 0.196. The summed E-state index contributed by atoms with van der Waals surface area (Å²) in [5, 5.41) is 0. The van der Waals surface area contributed by atoms with Crippen LogP contribution in [0.4, 0.5) is 0 Å². The van der Waals surface area contributed by atoms with Gasteiger partial charge in [-0.25, -0.2) is 0 Å². The van der Waals surface area contributed by atoms with Crippen molar-refractivity contribution >= 4 is 10.2 Å². The van der Waals surface area contributed by atoms with Crippen molar-refractivity contribution in [3.05, 3.63) is 0 Å². The Morgan fingerprint density at radius 3 is 1.40 bits per heavy atom. The average Bonchev–Trinajstić information content (AvgIpc) is 1.58. The molecule has 0 aliphatic heterocycles. The standard InChI is InChI=1S/C7H15O2Si/c1-5(2)8-7(10)9-6(3)4/h5-7H,1-4H3/q-1. The van der Waals surface area contributed by atoms with Gasteiger partial charge >= 0.3 is 0 Å². The summed E-state index contributed by atoms with van der Waals surface area (Å²) < 4.78 is 10.5. The number of hydrogen-bond acceptors (Lipinski definition) is 2. The van der Waals surface area contributed by atoms with Gasteiger partial charge in [0.1, 0.15) is 0 Å². The van der Waals surface area contributed by atoms with Gasteiger partial charge < -0.3 is 19.7 Å². The molecule has 0 N–H and O–H groups in total. The molecule has 0 saturated heterocycles.